The van der Waals surface area contributed by atoms with E-state index in [1.165, 1.54) is 17.2 Å². The molecule has 100 valence electrons. The predicted octanol–water partition coefficient (Wildman–Crippen LogP) is 1.25. The quantitative estimate of drug-likeness (QED) is 0.901. The Balaban J connectivity index is 2.17. The fourth-order valence-corrected chi connectivity index (χ4v) is 1.74. The number of hydrogen-bond acceptors (Lipinski definition) is 4. The topological polar surface area (TPSA) is 79.2 Å². The van der Waals surface area contributed by atoms with E-state index in [1.807, 2.05) is 0 Å². The summed E-state index contributed by atoms with van der Waals surface area (Å²) < 4.78 is 5.04. The Kier molecular flexibility index (Phi) is 3.50. The molecule has 6 heteroatoms. The van der Waals surface area contributed by atoms with Gasteiger partial charge in [0.25, 0.3) is 5.91 Å². The minimum Gasteiger partial charge on any atom is -0.364 e. The summed E-state index contributed by atoms with van der Waals surface area (Å²) in [7, 11) is 1.61. The van der Waals surface area contributed by atoms with Crippen LogP contribution in [-0.4, -0.2) is 28.0 Å². The molecule has 0 aliphatic rings. The molecular formula is C13H15N3O3. The number of aromatic amines is 1. The number of rotatable bonds is 3. The van der Waals surface area contributed by atoms with E-state index < -0.39 is 0 Å². The molecule has 1 amide bonds. The number of nitrogens with one attached hydrogen (secondary N) is 1. The molecule has 2 rings (SSSR count). The maximum absolute atomic E-state index is 12.1. The van der Waals surface area contributed by atoms with Crippen LogP contribution in [0.3, 0.4) is 0 Å². The van der Waals surface area contributed by atoms with Crippen molar-refractivity contribution in [3.05, 3.63) is 51.3 Å². The third-order valence-corrected chi connectivity index (χ3v) is 2.70. The monoisotopic (exact) mass is 261 g/mol. The molecule has 0 spiro atoms. The van der Waals surface area contributed by atoms with Gasteiger partial charge in [0.05, 0.1) is 12.2 Å². The largest absolute Gasteiger partial charge is 0.364 e. The van der Waals surface area contributed by atoms with Crippen LogP contribution in [-0.2, 0) is 6.54 Å². The number of aryl methyl sites for hydroxylation is 2. The summed E-state index contributed by atoms with van der Waals surface area (Å²) in [5.41, 5.74) is 1.30. The first-order valence-corrected chi connectivity index (χ1v) is 5.84. The molecule has 0 unspecified atom stereocenters. The van der Waals surface area contributed by atoms with Gasteiger partial charge in [-0.3, -0.25) is 9.59 Å². The van der Waals surface area contributed by atoms with Crippen molar-refractivity contribution in [1.29, 1.82) is 0 Å². The number of carbonyl (C=O) groups excluding carboxylic acids is 1. The summed E-state index contributed by atoms with van der Waals surface area (Å²) >= 11 is 0. The van der Waals surface area contributed by atoms with Crippen LogP contribution < -0.4 is 5.43 Å². The molecule has 0 aliphatic heterocycles. The summed E-state index contributed by atoms with van der Waals surface area (Å²) in [5.74, 6) is 0.229. The molecule has 0 aliphatic carbocycles. The normalized spacial score (nSPS) is 10.5. The van der Waals surface area contributed by atoms with E-state index in [-0.39, 0.29) is 23.4 Å². The number of carbonyl (C=O) groups is 1. The Hall–Kier alpha value is -2.37. The van der Waals surface area contributed by atoms with E-state index in [0.717, 1.165) is 11.4 Å². The molecule has 0 fully saturated rings. The fraction of sp³-hybridized carbons (Fsp3) is 0.308. The van der Waals surface area contributed by atoms with E-state index in [0.29, 0.717) is 5.76 Å². The summed E-state index contributed by atoms with van der Waals surface area (Å²) in [6.45, 7) is 3.84. The lowest BCUT2D eigenvalue weighted by atomic mass is 10.2. The number of pyridine rings is 1. The first-order chi connectivity index (χ1) is 8.97. The molecule has 6 nitrogen and oxygen atoms in total. The molecule has 0 radical (unpaired) electrons. The zero-order chi connectivity index (χ0) is 14.0. The second kappa shape index (κ2) is 5.09. The number of nitrogens with zero attached hydrogens (tertiary/aromatic N) is 2. The standard InChI is InChI=1S/C13H15N3O3/c1-8-5-12(17)11(6-14-8)13(18)16(3)7-10-4-9(2)15-19-10/h4-6H,7H2,1-3H3,(H,14,17). The molecule has 19 heavy (non-hydrogen) atoms. The number of aromatic nitrogens is 2. The van der Waals surface area contributed by atoms with E-state index in [4.69, 9.17) is 4.52 Å². The lowest BCUT2D eigenvalue weighted by Crippen LogP contribution is -2.30. The van der Waals surface area contributed by atoms with Gasteiger partial charge in [-0.15, -0.1) is 0 Å². The second-order valence-electron chi connectivity index (χ2n) is 4.49. The molecule has 2 aromatic heterocycles. The molecule has 1 N–H and O–H groups in total. The van der Waals surface area contributed by atoms with Crippen LogP contribution in [0, 0.1) is 13.8 Å². The molecule has 0 aromatic carbocycles. The minimum atomic E-state index is -0.352. The molecular weight excluding hydrogens is 246 g/mol. The van der Waals surface area contributed by atoms with Gasteiger partial charge < -0.3 is 14.4 Å². The van der Waals surface area contributed by atoms with Crippen molar-refractivity contribution in [3.8, 4) is 0 Å². The Labute approximate surface area is 110 Å². The van der Waals surface area contributed by atoms with E-state index in [2.05, 4.69) is 10.1 Å². The third-order valence-electron chi connectivity index (χ3n) is 2.70. The van der Waals surface area contributed by atoms with Crippen molar-refractivity contribution in [2.24, 2.45) is 0 Å². The Morgan fingerprint density at radius 1 is 1.42 bits per heavy atom. The second-order valence-corrected chi connectivity index (χ2v) is 4.49. The first-order valence-electron chi connectivity index (χ1n) is 5.84. The summed E-state index contributed by atoms with van der Waals surface area (Å²) in [5, 5.41) is 3.75. The Morgan fingerprint density at radius 3 is 2.74 bits per heavy atom. The molecule has 0 bridgehead atoms. The molecule has 0 saturated carbocycles. The molecule has 0 atom stereocenters. The zero-order valence-electron chi connectivity index (χ0n) is 11.1. The molecule has 2 heterocycles. The van der Waals surface area contributed by atoms with Crippen LogP contribution in [0.1, 0.15) is 27.5 Å². The van der Waals surface area contributed by atoms with Crippen molar-refractivity contribution in [2.45, 2.75) is 20.4 Å². The summed E-state index contributed by atoms with van der Waals surface area (Å²) in [6, 6.07) is 3.16. The van der Waals surface area contributed by atoms with E-state index >= 15 is 0 Å². The average molecular weight is 261 g/mol. The number of hydrogen-bond donors (Lipinski definition) is 1. The highest BCUT2D eigenvalue weighted by atomic mass is 16.5. The highest BCUT2D eigenvalue weighted by Crippen LogP contribution is 2.07. The van der Waals surface area contributed by atoms with Gasteiger partial charge in [0.2, 0.25) is 0 Å². The van der Waals surface area contributed by atoms with Gasteiger partial charge in [0, 0.05) is 31.1 Å². The van der Waals surface area contributed by atoms with Gasteiger partial charge in [-0.2, -0.15) is 0 Å². The number of amides is 1. The van der Waals surface area contributed by atoms with E-state index in [9.17, 15) is 9.59 Å². The predicted molar refractivity (Wildman–Crippen MR) is 68.8 cm³/mol. The lowest BCUT2D eigenvalue weighted by Gasteiger charge is -2.14. The van der Waals surface area contributed by atoms with Crippen LogP contribution in [0.5, 0.6) is 0 Å². The van der Waals surface area contributed by atoms with Crippen molar-refractivity contribution in [3.63, 3.8) is 0 Å². The molecule has 2 aromatic rings. The van der Waals surface area contributed by atoms with Crippen LogP contribution >= 0.6 is 0 Å². The summed E-state index contributed by atoms with van der Waals surface area (Å²) in [4.78, 5) is 28.1. The first kappa shape index (κ1) is 13.1. The van der Waals surface area contributed by atoms with Crippen molar-refractivity contribution >= 4 is 5.91 Å². The highest BCUT2D eigenvalue weighted by molar-refractivity contribution is 5.93. The summed E-state index contributed by atoms with van der Waals surface area (Å²) in [6.07, 6.45) is 1.43. The van der Waals surface area contributed by atoms with Crippen molar-refractivity contribution < 1.29 is 9.32 Å². The van der Waals surface area contributed by atoms with Crippen molar-refractivity contribution in [1.82, 2.24) is 15.0 Å². The Bertz CT molecular complexity index is 657. The Morgan fingerprint density at radius 2 is 2.16 bits per heavy atom. The highest BCUT2D eigenvalue weighted by Gasteiger charge is 2.17. The SMILES string of the molecule is Cc1cc(CN(C)C(=O)c2c[nH]c(C)cc2=O)on1. The molecule has 0 saturated heterocycles. The maximum Gasteiger partial charge on any atom is 0.259 e. The van der Waals surface area contributed by atoms with Gasteiger partial charge in [-0.25, -0.2) is 0 Å². The number of H-pyrrole nitrogens is 1. The van der Waals surface area contributed by atoms with Crippen LogP contribution in [0.15, 0.2) is 27.6 Å². The van der Waals surface area contributed by atoms with Gasteiger partial charge in [-0.05, 0) is 13.8 Å². The van der Waals surface area contributed by atoms with Gasteiger partial charge in [0.1, 0.15) is 5.56 Å². The third kappa shape index (κ3) is 2.90. The van der Waals surface area contributed by atoms with Gasteiger partial charge >= 0.3 is 0 Å². The average Bonchev–Trinajstić information content (AvgIpc) is 2.74. The van der Waals surface area contributed by atoms with Crippen LogP contribution in [0.2, 0.25) is 0 Å². The minimum absolute atomic E-state index is 0.115. The fourth-order valence-electron chi connectivity index (χ4n) is 1.74. The smallest absolute Gasteiger partial charge is 0.259 e. The van der Waals surface area contributed by atoms with Gasteiger partial charge in [-0.1, -0.05) is 5.16 Å². The van der Waals surface area contributed by atoms with Gasteiger partial charge in [0.15, 0.2) is 11.2 Å². The van der Waals surface area contributed by atoms with Crippen molar-refractivity contribution in [2.75, 3.05) is 7.05 Å². The van der Waals surface area contributed by atoms with E-state index in [1.54, 1.807) is 27.0 Å². The van der Waals surface area contributed by atoms with Crippen LogP contribution in [0.25, 0.3) is 0 Å². The zero-order valence-corrected chi connectivity index (χ0v) is 11.1. The van der Waals surface area contributed by atoms with Crippen LogP contribution in [0.4, 0.5) is 0 Å². The lowest BCUT2D eigenvalue weighted by molar-refractivity contribution is 0.0770. The maximum atomic E-state index is 12.1.